The van der Waals surface area contributed by atoms with Crippen molar-refractivity contribution in [1.82, 2.24) is 9.55 Å². The second kappa shape index (κ2) is 14.9. The monoisotopic (exact) mass is 740 g/mol. The first-order valence-electron chi connectivity index (χ1n) is 17.3. The highest BCUT2D eigenvalue weighted by atomic mass is 79.9. The van der Waals surface area contributed by atoms with Gasteiger partial charge < -0.3 is 9.30 Å². The van der Waals surface area contributed by atoms with Gasteiger partial charge in [-0.2, -0.15) is 0 Å². The lowest BCUT2D eigenvalue weighted by molar-refractivity contribution is 0.234. The van der Waals surface area contributed by atoms with Crippen molar-refractivity contribution in [3.63, 3.8) is 0 Å². The molecule has 6 rings (SSSR count). The van der Waals surface area contributed by atoms with Crippen LogP contribution in [0.4, 0.5) is 0 Å². The van der Waals surface area contributed by atoms with E-state index in [2.05, 4.69) is 137 Å². The van der Waals surface area contributed by atoms with E-state index in [1.54, 1.807) is 0 Å². The number of fused-ring (bicyclic) bond motifs is 7. The van der Waals surface area contributed by atoms with Crippen LogP contribution in [0.15, 0.2) is 81.7 Å². The van der Waals surface area contributed by atoms with Crippen LogP contribution in [0.1, 0.15) is 79.1 Å². The number of hydrogen-bond acceptors (Lipinski definition) is 2. The summed E-state index contributed by atoms with van der Waals surface area (Å²) in [7, 11) is 0. The molecule has 0 N–H and O–H groups in total. The molecular formula is C41H46Br2N2O. The number of benzene rings is 5. The van der Waals surface area contributed by atoms with Crippen LogP contribution in [-0.4, -0.2) is 16.2 Å². The topological polar surface area (TPSA) is 27.1 Å². The molecule has 2 unspecified atom stereocenters. The molecule has 0 saturated heterocycles. The number of hydrogen-bond donors (Lipinski definition) is 0. The van der Waals surface area contributed by atoms with E-state index in [-0.39, 0.29) is 0 Å². The summed E-state index contributed by atoms with van der Waals surface area (Å²) >= 11 is 7.60. The zero-order chi connectivity index (χ0) is 32.2. The fourth-order valence-corrected chi connectivity index (χ4v) is 7.78. The van der Waals surface area contributed by atoms with Crippen LogP contribution in [0.5, 0.6) is 5.75 Å². The molecule has 0 radical (unpaired) electrons. The lowest BCUT2D eigenvalue weighted by Crippen LogP contribution is -2.14. The van der Waals surface area contributed by atoms with Crippen LogP contribution in [-0.2, 0) is 6.54 Å². The van der Waals surface area contributed by atoms with Gasteiger partial charge in [-0.25, -0.2) is 4.98 Å². The van der Waals surface area contributed by atoms with E-state index in [9.17, 15) is 0 Å². The van der Waals surface area contributed by atoms with Crippen molar-refractivity contribution in [1.29, 1.82) is 0 Å². The van der Waals surface area contributed by atoms with Crippen LogP contribution in [0, 0.1) is 11.8 Å². The Morgan fingerprint density at radius 1 is 0.696 bits per heavy atom. The van der Waals surface area contributed by atoms with Crippen molar-refractivity contribution >= 4 is 75.2 Å². The van der Waals surface area contributed by atoms with Crippen LogP contribution in [0.25, 0.3) is 54.7 Å². The van der Waals surface area contributed by atoms with E-state index in [1.807, 2.05) is 0 Å². The van der Waals surface area contributed by atoms with Gasteiger partial charge in [0, 0.05) is 26.3 Å². The summed E-state index contributed by atoms with van der Waals surface area (Å²) in [6.07, 6.45) is 9.57. The SMILES string of the molecule is CCCCC(CC)COc1ccc2ccccc2c1-c1nc2c3cc(Br)ccc3c3ccc(Br)cc3c2n1CC(CC)CCCC. The lowest BCUT2D eigenvalue weighted by atomic mass is 9.97. The Balaban J connectivity index is 1.68. The first-order valence-corrected chi connectivity index (χ1v) is 18.9. The van der Waals surface area contributed by atoms with Gasteiger partial charge in [0.1, 0.15) is 11.6 Å². The molecule has 0 saturated carbocycles. The van der Waals surface area contributed by atoms with Gasteiger partial charge in [0.15, 0.2) is 0 Å². The molecule has 1 aromatic heterocycles. The molecule has 46 heavy (non-hydrogen) atoms. The normalized spacial score (nSPS) is 13.3. The molecule has 0 fully saturated rings. The van der Waals surface area contributed by atoms with E-state index in [0.717, 1.165) is 57.6 Å². The largest absolute Gasteiger partial charge is 0.493 e. The minimum absolute atomic E-state index is 0.541. The zero-order valence-electron chi connectivity index (χ0n) is 27.7. The van der Waals surface area contributed by atoms with Crippen LogP contribution >= 0.6 is 31.9 Å². The quantitative estimate of drug-likeness (QED) is 0.104. The molecule has 5 heteroatoms. The van der Waals surface area contributed by atoms with Gasteiger partial charge in [0.05, 0.1) is 23.2 Å². The number of rotatable bonds is 14. The number of aromatic nitrogens is 2. The maximum Gasteiger partial charge on any atom is 0.145 e. The van der Waals surface area contributed by atoms with Gasteiger partial charge in [0.2, 0.25) is 0 Å². The Morgan fingerprint density at radius 3 is 2.04 bits per heavy atom. The second-order valence-electron chi connectivity index (χ2n) is 12.9. The third-order valence-corrected chi connectivity index (χ3v) is 10.8. The highest BCUT2D eigenvalue weighted by Crippen LogP contribution is 2.44. The average Bonchev–Trinajstić information content (AvgIpc) is 3.45. The van der Waals surface area contributed by atoms with E-state index in [4.69, 9.17) is 9.72 Å². The highest BCUT2D eigenvalue weighted by molar-refractivity contribution is 9.10. The van der Waals surface area contributed by atoms with E-state index in [0.29, 0.717) is 11.8 Å². The molecule has 240 valence electrons. The molecular weight excluding hydrogens is 696 g/mol. The zero-order valence-corrected chi connectivity index (χ0v) is 30.9. The van der Waals surface area contributed by atoms with Gasteiger partial charge in [-0.05, 0) is 76.6 Å². The molecule has 3 nitrogen and oxygen atoms in total. The fraction of sp³-hybridized carbons (Fsp3) is 0.390. The van der Waals surface area contributed by atoms with Crippen LogP contribution < -0.4 is 4.74 Å². The summed E-state index contributed by atoms with van der Waals surface area (Å²) in [5, 5.41) is 7.29. The summed E-state index contributed by atoms with van der Waals surface area (Å²) in [6.45, 7) is 10.8. The Hall–Kier alpha value is -2.89. The van der Waals surface area contributed by atoms with Crippen molar-refractivity contribution in [2.75, 3.05) is 6.61 Å². The first kappa shape index (κ1) is 33.0. The smallest absolute Gasteiger partial charge is 0.145 e. The summed E-state index contributed by atoms with van der Waals surface area (Å²) in [4.78, 5) is 5.65. The van der Waals surface area contributed by atoms with Crippen LogP contribution in [0.2, 0.25) is 0 Å². The third-order valence-electron chi connectivity index (χ3n) is 9.85. The Labute approximate surface area is 291 Å². The molecule has 0 aliphatic heterocycles. The van der Waals surface area contributed by atoms with Gasteiger partial charge in [-0.15, -0.1) is 0 Å². The minimum atomic E-state index is 0.541. The van der Waals surface area contributed by atoms with Crippen molar-refractivity contribution in [3.05, 3.63) is 81.7 Å². The van der Waals surface area contributed by atoms with Gasteiger partial charge >= 0.3 is 0 Å². The first-order chi connectivity index (χ1) is 22.5. The van der Waals surface area contributed by atoms with Gasteiger partial charge in [0.25, 0.3) is 0 Å². The molecule has 6 aromatic rings. The molecule has 0 amide bonds. The van der Waals surface area contributed by atoms with Crippen molar-refractivity contribution in [2.45, 2.75) is 85.6 Å². The molecule has 0 bridgehead atoms. The van der Waals surface area contributed by atoms with Crippen LogP contribution in [0.3, 0.4) is 0 Å². The number of imidazole rings is 1. The molecule has 0 spiro atoms. The fourth-order valence-electron chi connectivity index (χ4n) is 7.06. The summed E-state index contributed by atoms with van der Waals surface area (Å²) < 4.78 is 11.5. The Kier molecular flexibility index (Phi) is 10.7. The van der Waals surface area contributed by atoms with Gasteiger partial charge in [-0.1, -0.05) is 141 Å². The van der Waals surface area contributed by atoms with Gasteiger partial charge in [-0.3, -0.25) is 0 Å². The predicted molar refractivity (Wildman–Crippen MR) is 205 cm³/mol. The lowest BCUT2D eigenvalue weighted by Gasteiger charge is -2.22. The maximum atomic E-state index is 6.84. The molecule has 1 heterocycles. The predicted octanol–water partition coefficient (Wildman–Crippen LogP) is 13.5. The van der Waals surface area contributed by atoms with E-state index in [1.165, 1.54) is 76.4 Å². The number of unbranched alkanes of at least 4 members (excludes halogenated alkanes) is 2. The number of nitrogens with zero attached hydrogens (tertiary/aromatic N) is 2. The van der Waals surface area contributed by atoms with Crippen molar-refractivity contribution in [3.8, 4) is 17.1 Å². The summed E-state index contributed by atoms with van der Waals surface area (Å²) in [5.74, 6) is 3.03. The number of halogens is 2. The van der Waals surface area contributed by atoms with E-state index < -0.39 is 0 Å². The summed E-state index contributed by atoms with van der Waals surface area (Å²) in [6, 6.07) is 26.4. The average molecular weight is 743 g/mol. The third kappa shape index (κ3) is 6.60. The molecule has 0 aliphatic rings. The summed E-state index contributed by atoms with van der Waals surface area (Å²) in [5.41, 5.74) is 3.37. The maximum absolute atomic E-state index is 6.84. The van der Waals surface area contributed by atoms with Crippen molar-refractivity contribution < 1.29 is 4.74 Å². The Morgan fingerprint density at radius 2 is 1.35 bits per heavy atom. The standard InChI is InChI=1S/C41H46Br2N2O/c1-5-9-13-27(7-3)25-45-40-36-24-31(43)19-21-34(36)33-20-18-30(42)23-35(33)39(40)44-41(45)38-32-16-12-11-15-29(32)17-22-37(38)46-26-28(8-4)14-10-6-2/h11-12,15-24,27-28H,5-10,13-14,25-26H2,1-4H3. The molecule has 0 aliphatic carbocycles. The minimum Gasteiger partial charge on any atom is -0.493 e. The molecule has 2 atom stereocenters. The van der Waals surface area contributed by atoms with Crippen molar-refractivity contribution in [2.24, 2.45) is 11.8 Å². The Bertz CT molecular complexity index is 1980. The number of ether oxygens (including phenoxy) is 1. The second-order valence-corrected chi connectivity index (χ2v) is 14.8. The highest BCUT2D eigenvalue weighted by Gasteiger charge is 2.25. The molecule has 5 aromatic carbocycles. The van der Waals surface area contributed by atoms with E-state index >= 15 is 0 Å².